The van der Waals surface area contributed by atoms with Gasteiger partial charge >= 0.3 is 6.03 Å². The molecule has 0 radical (unpaired) electrons. The Hall–Kier alpha value is -3.60. The number of carbonyl (C=O) groups excluding carboxylic acids is 2. The molecule has 3 amide bonds. The van der Waals surface area contributed by atoms with Gasteiger partial charge in [0.05, 0.1) is 0 Å². The van der Waals surface area contributed by atoms with Crippen LogP contribution in [0.4, 0.5) is 10.5 Å². The summed E-state index contributed by atoms with van der Waals surface area (Å²) in [5.74, 6) is 0.432. The Morgan fingerprint density at radius 1 is 0.879 bits per heavy atom. The van der Waals surface area contributed by atoms with E-state index in [-0.39, 0.29) is 17.9 Å². The fourth-order valence-corrected chi connectivity index (χ4v) is 4.40. The summed E-state index contributed by atoms with van der Waals surface area (Å²) < 4.78 is 0. The molecule has 4 rings (SSSR count). The van der Waals surface area contributed by atoms with Crippen LogP contribution in [0.3, 0.4) is 0 Å². The van der Waals surface area contributed by atoms with Crippen LogP contribution in [0.1, 0.15) is 48.3 Å². The molecule has 3 aromatic carbocycles. The Kier molecular flexibility index (Phi) is 7.75. The molecule has 0 aliphatic carbocycles. The molecule has 1 fully saturated rings. The highest BCUT2D eigenvalue weighted by molar-refractivity contribution is 5.89. The molecule has 0 atom stereocenters. The van der Waals surface area contributed by atoms with Crippen molar-refractivity contribution in [3.8, 4) is 0 Å². The van der Waals surface area contributed by atoms with E-state index in [1.165, 1.54) is 11.1 Å². The van der Waals surface area contributed by atoms with E-state index in [9.17, 15) is 9.59 Å². The molecule has 0 unspecified atom stereocenters. The van der Waals surface area contributed by atoms with Gasteiger partial charge in [0, 0.05) is 37.7 Å². The summed E-state index contributed by atoms with van der Waals surface area (Å²) in [6, 6.07) is 28.3. The first-order valence-corrected chi connectivity index (χ1v) is 11.7. The van der Waals surface area contributed by atoms with Crippen LogP contribution in [0.25, 0.3) is 0 Å². The van der Waals surface area contributed by atoms with E-state index in [2.05, 4.69) is 59.2 Å². The van der Waals surface area contributed by atoms with Crippen LogP contribution in [-0.2, 0) is 11.3 Å². The third-order valence-corrected chi connectivity index (χ3v) is 6.10. The Labute approximate surface area is 195 Å². The second kappa shape index (κ2) is 11.3. The molecule has 1 saturated heterocycles. The number of nitrogens with zero attached hydrogens (tertiary/aromatic N) is 1. The first kappa shape index (κ1) is 22.6. The van der Waals surface area contributed by atoms with Crippen molar-refractivity contribution in [3.63, 3.8) is 0 Å². The van der Waals surface area contributed by atoms with Crippen LogP contribution >= 0.6 is 0 Å². The van der Waals surface area contributed by atoms with Crippen molar-refractivity contribution in [2.45, 2.75) is 38.1 Å². The molecule has 2 N–H and O–H groups in total. The zero-order valence-electron chi connectivity index (χ0n) is 18.9. The summed E-state index contributed by atoms with van der Waals surface area (Å²) in [5, 5.41) is 5.93. The fourth-order valence-electron chi connectivity index (χ4n) is 4.40. The van der Waals surface area contributed by atoms with E-state index in [0.717, 1.165) is 37.1 Å². The summed E-state index contributed by atoms with van der Waals surface area (Å²) in [4.78, 5) is 26.5. The Balaban J connectivity index is 1.32. The minimum Gasteiger partial charge on any atom is -0.338 e. The quantitative estimate of drug-likeness (QED) is 0.482. The largest absolute Gasteiger partial charge is 0.338 e. The minimum atomic E-state index is -0.221. The van der Waals surface area contributed by atoms with Crippen LogP contribution in [0.2, 0.25) is 0 Å². The lowest BCUT2D eigenvalue weighted by Gasteiger charge is -2.26. The number of carbonyl (C=O) groups is 2. The van der Waals surface area contributed by atoms with E-state index in [4.69, 9.17) is 0 Å². The Morgan fingerprint density at radius 3 is 2.24 bits per heavy atom. The van der Waals surface area contributed by atoms with Gasteiger partial charge in [0.2, 0.25) is 5.91 Å². The number of hydrogen-bond donors (Lipinski definition) is 2. The van der Waals surface area contributed by atoms with Gasteiger partial charge in [-0.15, -0.1) is 0 Å². The van der Waals surface area contributed by atoms with E-state index in [1.807, 2.05) is 41.3 Å². The average molecular weight is 442 g/mol. The van der Waals surface area contributed by atoms with Gasteiger partial charge in [-0.3, -0.25) is 4.79 Å². The molecule has 5 heteroatoms. The van der Waals surface area contributed by atoms with Crippen LogP contribution in [0.15, 0.2) is 84.9 Å². The van der Waals surface area contributed by atoms with E-state index in [1.54, 1.807) is 0 Å². The average Bonchev–Trinajstić information content (AvgIpc) is 2.85. The maximum atomic E-state index is 12.5. The van der Waals surface area contributed by atoms with E-state index < -0.39 is 0 Å². The van der Waals surface area contributed by atoms with Gasteiger partial charge in [0.15, 0.2) is 0 Å². The van der Waals surface area contributed by atoms with Gasteiger partial charge < -0.3 is 15.5 Å². The lowest BCUT2D eigenvalue weighted by molar-refractivity contribution is -0.133. The van der Waals surface area contributed by atoms with Gasteiger partial charge in [-0.05, 0) is 48.1 Å². The van der Waals surface area contributed by atoms with Crippen molar-refractivity contribution in [2.75, 3.05) is 18.4 Å². The predicted molar refractivity (Wildman–Crippen MR) is 132 cm³/mol. The molecule has 0 bridgehead atoms. The number of nitrogens with one attached hydrogen (secondary N) is 2. The monoisotopic (exact) mass is 441 g/mol. The SMILES string of the molecule is O=C(NCCC(c1ccccc1)c1ccccc1)Nc1cccc(CN2CCCCC2=O)c1. The molecule has 5 nitrogen and oxygen atoms in total. The number of likely N-dealkylation sites (tertiary alicyclic amines) is 1. The second-order valence-electron chi connectivity index (χ2n) is 8.52. The van der Waals surface area contributed by atoms with E-state index >= 15 is 0 Å². The molecule has 0 saturated carbocycles. The number of urea groups is 1. The fraction of sp³-hybridized carbons (Fsp3) is 0.286. The van der Waals surface area contributed by atoms with Crippen molar-refractivity contribution < 1.29 is 9.59 Å². The zero-order valence-corrected chi connectivity index (χ0v) is 18.9. The van der Waals surface area contributed by atoms with Crippen molar-refractivity contribution in [2.24, 2.45) is 0 Å². The highest BCUT2D eigenvalue weighted by Gasteiger charge is 2.18. The summed E-state index contributed by atoms with van der Waals surface area (Å²) in [5.41, 5.74) is 4.24. The molecule has 170 valence electrons. The van der Waals surface area contributed by atoms with Gasteiger partial charge in [-0.25, -0.2) is 4.79 Å². The molecule has 0 aromatic heterocycles. The second-order valence-corrected chi connectivity index (χ2v) is 8.52. The van der Waals surface area contributed by atoms with Gasteiger partial charge in [0.25, 0.3) is 0 Å². The predicted octanol–water partition coefficient (Wildman–Crippen LogP) is 5.54. The molecule has 33 heavy (non-hydrogen) atoms. The van der Waals surface area contributed by atoms with Crippen LogP contribution in [0, 0.1) is 0 Å². The van der Waals surface area contributed by atoms with Gasteiger partial charge in [-0.1, -0.05) is 72.8 Å². The number of amides is 3. The summed E-state index contributed by atoms with van der Waals surface area (Å²) in [7, 11) is 0. The van der Waals surface area contributed by atoms with E-state index in [0.29, 0.717) is 19.5 Å². The highest BCUT2D eigenvalue weighted by atomic mass is 16.2. The number of hydrogen-bond acceptors (Lipinski definition) is 2. The maximum absolute atomic E-state index is 12.5. The minimum absolute atomic E-state index is 0.212. The van der Waals surface area contributed by atoms with Crippen molar-refractivity contribution in [1.29, 1.82) is 0 Å². The molecule has 3 aromatic rings. The van der Waals surface area contributed by atoms with Gasteiger partial charge in [-0.2, -0.15) is 0 Å². The number of benzene rings is 3. The van der Waals surface area contributed by atoms with Crippen molar-refractivity contribution in [1.82, 2.24) is 10.2 Å². The molecule has 1 heterocycles. The highest BCUT2D eigenvalue weighted by Crippen LogP contribution is 2.27. The zero-order chi connectivity index (χ0) is 22.9. The summed E-state index contributed by atoms with van der Waals surface area (Å²) in [6.07, 6.45) is 3.47. The van der Waals surface area contributed by atoms with Crippen LogP contribution in [-0.4, -0.2) is 29.9 Å². The molecule has 0 spiro atoms. The molecule has 1 aliphatic heterocycles. The third kappa shape index (κ3) is 6.45. The molecular weight excluding hydrogens is 410 g/mol. The third-order valence-electron chi connectivity index (χ3n) is 6.10. The lowest BCUT2D eigenvalue weighted by Crippen LogP contribution is -2.34. The van der Waals surface area contributed by atoms with Crippen molar-refractivity contribution in [3.05, 3.63) is 102 Å². The normalized spacial score (nSPS) is 13.7. The first-order chi connectivity index (χ1) is 16.2. The summed E-state index contributed by atoms with van der Waals surface area (Å²) in [6.45, 7) is 1.95. The molecular formula is C28H31N3O2. The Morgan fingerprint density at radius 2 is 1.58 bits per heavy atom. The van der Waals surface area contributed by atoms with Crippen molar-refractivity contribution >= 4 is 17.6 Å². The summed E-state index contributed by atoms with van der Waals surface area (Å²) >= 11 is 0. The standard InChI is InChI=1S/C28H31N3O2/c32-27-16-7-8-19-31(27)21-22-10-9-15-25(20-22)30-28(33)29-18-17-26(23-11-3-1-4-12-23)24-13-5-2-6-14-24/h1-6,9-15,20,26H,7-8,16-19,21H2,(H2,29,30,33). The number of anilines is 1. The number of rotatable bonds is 8. The number of piperidine rings is 1. The van der Waals surface area contributed by atoms with Gasteiger partial charge in [0.1, 0.15) is 0 Å². The molecule has 1 aliphatic rings. The van der Waals surface area contributed by atoms with Crippen LogP contribution < -0.4 is 10.6 Å². The first-order valence-electron chi connectivity index (χ1n) is 11.7. The lowest BCUT2D eigenvalue weighted by atomic mass is 9.88. The Bertz CT molecular complexity index is 1010. The van der Waals surface area contributed by atoms with Crippen LogP contribution in [0.5, 0.6) is 0 Å². The topological polar surface area (TPSA) is 61.4 Å². The maximum Gasteiger partial charge on any atom is 0.319 e. The smallest absolute Gasteiger partial charge is 0.319 e.